The lowest BCUT2D eigenvalue weighted by Crippen LogP contribution is -2.35. The van der Waals surface area contributed by atoms with Gasteiger partial charge in [0.2, 0.25) is 0 Å². The van der Waals surface area contributed by atoms with Gasteiger partial charge in [-0.1, -0.05) is 0 Å². The van der Waals surface area contributed by atoms with E-state index in [0.29, 0.717) is 18.2 Å². The van der Waals surface area contributed by atoms with Gasteiger partial charge in [0.05, 0.1) is 16.4 Å². The molecule has 1 fully saturated rings. The van der Waals surface area contributed by atoms with Gasteiger partial charge in [-0.25, -0.2) is 4.98 Å². The van der Waals surface area contributed by atoms with Crippen LogP contribution in [0.3, 0.4) is 0 Å². The molecule has 0 unspecified atom stereocenters. The van der Waals surface area contributed by atoms with Crippen LogP contribution in [-0.2, 0) is 0 Å². The summed E-state index contributed by atoms with van der Waals surface area (Å²) in [6.07, 6.45) is 3.72. The molecule has 1 aliphatic heterocycles. The zero-order valence-corrected chi connectivity index (χ0v) is 10.7. The highest BCUT2D eigenvalue weighted by atomic mass is 79.9. The smallest absolute Gasteiger partial charge is 0.143 e. The minimum absolute atomic E-state index is 0.296. The normalized spacial score (nSPS) is 17.8. The number of pyridine rings is 1. The number of nitrogens with zero attached hydrogens (tertiary/aromatic N) is 2. The molecule has 2 rings (SSSR count). The third-order valence-electron chi connectivity index (χ3n) is 3.02. The van der Waals surface area contributed by atoms with E-state index in [4.69, 9.17) is 10.8 Å². The van der Waals surface area contributed by atoms with Gasteiger partial charge in [-0.15, -0.1) is 0 Å². The van der Waals surface area contributed by atoms with Crippen molar-refractivity contribution < 1.29 is 5.11 Å². The molecule has 0 amide bonds. The molecular formula is C11H16BrN3O. The second-order valence-electron chi connectivity index (χ2n) is 4.19. The van der Waals surface area contributed by atoms with E-state index in [-0.39, 0.29) is 0 Å². The van der Waals surface area contributed by atoms with Crippen LogP contribution in [0.5, 0.6) is 0 Å². The van der Waals surface area contributed by atoms with Gasteiger partial charge in [0.1, 0.15) is 5.82 Å². The third-order valence-corrected chi connectivity index (χ3v) is 3.60. The fraction of sp³-hybridized carbons (Fsp3) is 0.545. The summed E-state index contributed by atoms with van der Waals surface area (Å²) in [5.74, 6) is 1.40. The maximum absolute atomic E-state index is 9.08. The van der Waals surface area contributed by atoms with Crippen molar-refractivity contribution in [2.24, 2.45) is 5.92 Å². The number of halogens is 1. The Morgan fingerprint density at radius 2 is 2.19 bits per heavy atom. The van der Waals surface area contributed by atoms with E-state index in [1.807, 2.05) is 6.07 Å². The SMILES string of the molecule is Nc1cnc(N2CCC(CO)CC2)c(Br)c1. The zero-order valence-electron chi connectivity index (χ0n) is 9.06. The lowest BCUT2D eigenvalue weighted by atomic mass is 9.98. The molecule has 4 nitrogen and oxygen atoms in total. The summed E-state index contributed by atoms with van der Waals surface area (Å²) in [6, 6.07) is 1.88. The number of aromatic nitrogens is 1. The Balaban J connectivity index is 2.08. The molecule has 1 aliphatic rings. The van der Waals surface area contributed by atoms with Crippen LogP contribution in [0.15, 0.2) is 16.7 Å². The van der Waals surface area contributed by atoms with Crippen LogP contribution in [-0.4, -0.2) is 29.8 Å². The lowest BCUT2D eigenvalue weighted by Gasteiger charge is -2.32. The van der Waals surface area contributed by atoms with Crippen molar-refractivity contribution in [1.29, 1.82) is 0 Å². The minimum atomic E-state index is 0.296. The Bertz CT molecular complexity index is 364. The van der Waals surface area contributed by atoms with Gasteiger partial charge in [0.25, 0.3) is 0 Å². The fourth-order valence-electron chi connectivity index (χ4n) is 2.01. The largest absolute Gasteiger partial charge is 0.397 e. The zero-order chi connectivity index (χ0) is 11.5. The Kier molecular flexibility index (Phi) is 3.66. The van der Waals surface area contributed by atoms with Gasteiger partial charge in [0.15, 0.2) is 0 Å². The van der Waals surface area contributed by atoms with Crippen molar-refractivity contribution in [3.8, 4) is 0 Å². The Morgan fingerprint density at radius 1 is 1.50 bits per heavy atom. The highest BCUT2D eigenvalue weighted by molar-refractivity contribution is 9.10. The fourth-order valence-corrected chi connectivity index (χ4v) is 2.62. The van der Waals surface area contributed by atoms with Crippen LogP contribution in [0.4, 0.5) is 11.5 Å². The van der Waals surface area contributed by atoms with Crippen LogP contribution >= 0.6 is 15.9 Å². The number of hydrogen-bond donors (Lipinski definition) is 2. The van der Waals surface area contributed by atoms with E-state index in [0.717, 1.165) is 36.2 Å². The maximum Gasteiger partial charge on any atom is 0.143 e. The Labute approximate surface area is 104 Å². The topological polar surface area (TPSA) is 62.4 Å². The first-order chi connectivity index (χ1) is 7.70. The van der Waals surface area contributed by atoms with Crippen molar-refractivity contribution in [2.75, 3.05) is 30.3 Å². The van der Waals surface area contributed by atoms with Crippen molar-refractivity contribution >= 4 is 27.4 Å². The van der Waals surface area contributed by atoms with Crippen LogP contribution < -0.4 is 10.6 Å². The molecular weight excluding hydrogens is 270 g/mol. The Hall–Kier alpha value is -0.810. The lowest BCUT2D eigenvalue weighted by molar-refractivity contribution is 0.202. The van der Waals surface area contributed by atoms with Crippen LogP contribution in [0.1, 0.15) is 12.8 Å². The molecule has 3 N–H and O–H groups in total. The number of aliphatic hydroxyl groups is 1. The number of hydrogen-bond acceptors (Lipinski definition) is 4. The molecule has 0 radical (unpaired) electrons. The quantitative estimate of drug-likeness (QED) is 0.867. The summed E-state index contributed by atoms with van der Waals surface area (Å²) < 4.78 is 0.940. The number of aliphatic hydroxyl groups excluding tert-OH is 1. The molecule has 0 atom stereocenters. The first kappa shape index (κ1) is 11.7. The predicted molar refractivity (Wildman–Crippen MR) is 68.4 cm³/mol. The number of rotatable bonds is 2. The average molecular weight is 286 g/mol. The van der Waals surface area contributed by atoms with E-state index in [9.17, 15) is 0 Å². The standard InChI is InChI=1S/C11H16BrN3O/c12-10-5-9(13)6-14-11(10)15-3-1-8(7-16)2-4-15/h5-6,8,16H,1-4,7,13H2. The highest BCUT2D eigenvalue weighted by Crippen LogP contribution is 2.28. The number of nitrogen functional groups attached to an aromatic ring is 1. The number of piperidine rings is 1. The molecule has 5 heteroatoms. The number of nitrogens with two attached hydrogens (primary N) is 1. The summed E-state index contributed by atoms with van der Waals surface area (Å²) >= 11 is 3.48. The van der Waals surface area contributed by atoms with E-state index in [1.54, 1.807) is 6.20 Å². The maximum atomic E-state index is 9.08. The third kappa shape index (κ3) is 2.47. The summed E-state index contributed by atoms with van der Waals surface area (Å²) in [4.78, 5) is 6.58. The minimum Gasteiger partial charge on any atom is -0.397 e. The predicted octanol–water partition coefficient (Wildman–Crippen LogP) is 1.64. The van der Waals surface area contributed by atoms with Crippen molar-refractivity contribution in [3.63, 3.8) is 0 Å². The van der Waals surface area contributed by atoms with Crippen LogP contribution in [0.2, 0.25) is 0 Å². The molecule has 0 aromatic carbocycles. The van der Waals surface area contributed by atoms with Crippen molar-refractivity contribution in [1.82, 2.24) is 4.98 Å². The second-order valence-corrected chi connectivity index (χ2v) is 5.04. The average Bonchev–Trinajstić information content (AvgIpc) is 2.29. The molecule has 88 valence electrons. The Morgan fingerprint density at radius 3 is 2.75 bits per heavy atom. The van der Waals surface area contributed by atoms with Crippen molar-refractivity contribution in [2.45, 2.75) is 12.8 Å². The van der Waals surface area contributed by atoms with Crippen LogP contribution in [0.25, 0.3) is 0 Å². The summed E-state index contributed by atoms with van der Waals surface area (Å²) in [5.41, 5.74) is 6.32. The van der Waals surface area contributed by atoms with E-state index >= 15 is 0 Å². The van der Waals surface area contributed by atoms with Gasteiger partial charge in [0, 0.05) is 19.7 Å². The molecule has 1 saturated heterocycles. The van der Waals surface area contributed by atoms with Crippen molar-refractivity contribution in [3.05, 3.63) is 16.7 Å². The molecule has 0 bridgehead atoms. The van der Waals surface area contributed by atoms with E-state index in [2.05, 4.69) is 25.8 Å². The molecule has 2 heterocycles. The van der Waals surface area contributed by atoms with Gasteiger partial charge < -0.3 is 15.7 Å². The first-order valence-corrected chi connectivity index (χ1v) is 6.27. The van der Waals surface area contributed by atoms with Crippen LogP contribution in [0, 0.1) is 5.92 Å². The second kappa shape index (κ2) is 5.01. The molecule has 1 aromatic rings. The van der Waals surface area contributed by atoms with Gasteiger partial charge in [-0.2, -0.15) is 0 Å². The molecule has 0 aliphatic carbocycles. The van der Waals surface area contributed by atoms with Gasteiger partial charge in [-0.05, 0) is 40.8 Å². The molecule has 16 heavy (non-hydrogen) atoms. The molecule has 0 saturated carbocycles. The summed E-state index contributed by atoms with van der Waals surface area (Å²) in [5, 5.41) is 9.08. The van der Waals surface area contributed by atoms with E-state index < -0.39 is 0 Å². The monoisotopic (exact) mass is 285 g/mol. The molecule has 0 spiro atoms. The first-order valence-electron chi connectivity index (χ1n) is 5.47. The summed E-state index contributed by atoms with van der Waals surface area (Å²) in [7, 11) is 0. The summed E-state index contributed by atoms with van der Waals surface area (Å²) in [6.45, 7) is 2.19. The van der Waals surface area contributed by atoms with Gasteiger partial charge >= 0.3 is 0 Å². The molecule has 1 aromatic heterocycles. The van der Waals surface area contributed by atoms with E-state index in [1.165, 1.54) is 0 Å². The van der Waals surface area contributed by atoms with Gasteiger partial charge in [-0.3, -0.25) is 0 Å². The number of anilines is 2. The highest BCUT2D eigenvalue weighted by Gasteiger charge is 2.20.